The Morgan fingerprint density at radius 3 is 2.57 bits per heavy atom. The van der Waals surface area contributed by atoms with Gasteiger partial charge in [-0.15, -0.1) is 12.4 Å². The SMILES string of the molecule is COc1cc(O)ccc1[C@@H](CC(F)F)N1CCNCC1.Cl. The first kappa shape index (κ1) is 17.9. The molecule has 2 N–H and O–H groups in total. The van der Waals surface area contributed by atoms with Crippen LogP contribution in [0.1, 0.15) is 18.0 Å². The first-order valence-corrected chi connectivity index (χ1v) is 6.71. The third-order valence-electron chi connectivity index (χ3n) is 3.57. The third-order valence-corrected chi connectivity index (χ3v) is 3.57. The van der Waals surface area contributed by atoms with Crippen LogP contribution in [0, 0.1) is 0 Å². The van der Waals surface area contributed by atoms with Crippen LogP contribution in [-0.2, 0) is 0 Å². The lowest BCUT2D eigenvalue weighted by molar-refractivity contribution is 0.0729. The molecule has 7 heteroatoms. The van der Waals surface area contributed by atoms with Crippen molar-refractivity contribution in [2.24, 2.45) is 0 Å². The summed E-state index contributed by atoms with van der Waals surface area (Å²) in [5.41, 5.74) is 0.701. The van der Waals surface area contributed by atoms with Crippen molar-refractivity contribution in [3.63, 3.8) is 0 Å². The fourth-order valence-electron chi connectivity index (χ4n) is 2.61. The predicted molar refractivity (Wildman–Crippen MR) is 79.7 cm³/mol. The number of methoxy groups -OCH3 is 1. The van der Waals surface area contributed by atoms with Gasteiger partial charge >= 0.3 is 0 Å². The van der Waals surface area contributed by atoms with Crippen LogP contribution in [0.25, 0.3) is 0 Å². The number of ether oxygens (including phenoxy) is 1. The molecular formula is C14H21ClF2N2O2. The maximum Gasteiger partial charge on any atom is 0.240 e. The highest BCUT2D eigenvalue weighted by Gasteiger charge is 2.27. The summed E-state index contributed by atoms with van der Waals surface area (Å²) in [4.78, 5) is 2.04. The number of nitrogens with one attached hydrogen (secondary N) is 1. The lowest BCUT2D eigenvalue weighted by Gasteiger charge is -2.35. The van der Waals surface area contributed by atoms with Crippen LogP contribution in [0.2, 0.25) is 0 Å². The van der Waals surface area contributed by atoms with Crippen molar-refractivity contribution in [3.8, 4) is 11.5 Å². The van der Waals surface area contributed by atoms with E-state index >= 15 is 0 Å². The number of hydrogen-bond donors (Lipinski definition) is 2. The van der Waals surface area contributed by atoms with Gasteiger partial charge in [0.25, 0.3) is 0 Å². The van der Waals surface area contributed by atoms with Crippen molar-refractivity contribution in [2.45, 2.75) is 18.9 Å². The van der Waals surface area contributed by atoms with Gasteiger partial charge in [0.05, 0.1) is 7.11 Å². The van der Waals surface area contributed by atoms with Crippen molar-refractivity contribution in [1.29, 1.82) is 0 Å². The topological polar surface area (TPSA) is 44.7 Å². The average Bonchev–Trinajstić information content (AvgIpc) is 2.45. The van der Waals surface area contributed by atoms with Crippen molar-refractivity contribution >= 4 is 12.4 Å². The van der Waals surface area contributed by atoms with Gasteiger partial charge in [-0.1, -0.05) is 6.07 Å². The minimum Gasteiger partial charge on any atom is -0.508 e. The van der Waals surface area contributed by atoms with Crippen LogP contribution in [0.3, 0.4) is 0 Å². The molecule has 0 aromatic heterocycles. The Kier molecular flexibility index (Phi) is 7.14. The van der Waals surface area contributed by atoms with Gasteiger partial charge in [-0.3, -0.25) is 4.90 Å². The number of phenols is 1. The molecular weight excluding hydrogens is 302 g/mol. The first-order valence-electron chi connectivity index (χ1n) is 6.71. The van der Waals surface area contributed by atoms with E-state index in [0.29, 0.717) is 11.3 Å². The standard InChI is InChI=1S/C14H20F2N2O2.ClH/c1-20-13-8-10(19)2-3-11(13)12(9-14(15)16)18-6-4-17-5-7-18;/h2-3,8,12,14,17,19H,4-7,9H2,1H3;1H/t12-;/m1./s1. The predicted octanol–water partition coefficient (Wildman–Crippen LogP) is 2.42. The summed E-state index contributed by atoms with van der Waals surface area (Å²) in [5.74, 6) is 0.524. The lowest BCUT2D eigenvalue weighted by atomic mass is 10.00. The van der Waals surface area contributed by atoms with E-state index < -0.39 is 12.5 Å². The smallest absolute Gasteiger partial charge is 0.240 e. The molecule has 1 heterocycles. The highest BCUT2D eigenvalue weighted by Crippen LogP contribution is 2.35. The van der Waals surface area contributed by atoms with Crippen molar-refractivity contribution in [1.82, 2.24) is 10.2 Å². The highest BCUT2D eigenvalue weighted by molar-refractivity contribution is 5.85. The number of hydrogen-bond acceptors (Lipinski definition) is 4. The van der Waals surface area contributed by atoms with E-state index in [2.05, 4.69) is 5.32 Å². The molecule has 4 nitrogen and oxygen atoms in total. The average molecular weight is 323 g/mol. The van der Waals surface area contributed by atoms with Crippen LogP contribution in [0.15, 0.2) is 18.2 Å². The van der Waals surface area contributed by atoms with Gasteiger partial charge < -0.3 is 15.2 Å². The van der Waals surface area contributed by atoms with E-state index in [9.17, 15) is 13.9 Å². The van der Waals surface area contributed by atoms with Gasteiger partial charge in [0.15, 0.2) is 0 Å². The molecule has 0 bridgehead atoms. The Bertz CT molecular complexity index is 443. The summed E-state index contributed by atoms with van der Waals surface area (Å²) in [6.45, 7) is 3.03. The maximum absolute atomic E-state index is 12.9. The molecule has 1 aromatic carbocycles. The molecule has 120 valence electrons. The maximum atomic E-state index is 12.9. The molecule has 0 saturated carbocycles. The van der Waals surface area contributed by atoms with Gasteiger partial charge in [-0.25, -0.2) is 8.78 Å². The largest absolute Gasteiger partial charge is 0.508 e. The van der Waals surface area contributed by atoms with Crippen LogP contribution in [-0.4, -0.2) is 49.7 Å². The number of halogens is 3. The van der Waals surface area contributed by atoms with E-state index in [-0.39, 0.29) is 24.6 Å². The van der Waals surface area contributed by atoms with E-state index in [4.69, 9.17) is 4.74 Å². The second-order valence-electron chi connectivity index (χ2n) is 4.85. The zero-order valence-corrected chi connectivity index (χ0v) is 12.7. The summed E-state index contributed by atoms with van der Waals surface area (Å²) in [5, 5.41) is 12.7. The molecule has 0 radical (unpaired) electrons. The fourth-order valence-corrected chi connectivity index (χ4v) is 2.61. The second-order valence-corrected chi connectivity index (χ2v) is 4.85. The molecule has 1 saturated heterocycles. The monoisotopic (exact) mass is 322 g/mol. The molecule has 21 heavy (non-hydrogen) atoms. The molecule has 1 aliphatic rings. The highest BCUT2D eigenvalue weighted by atomic mass is 35.5. The Labute approximate surface area is 129 Å². The van der Waals surface area contributed by atoms with Crippen molar-refractivity contribution in [2.75, 3.05) is 33.3 Å². The number of nitrogens with zero attached hydrogens (tertiary/aromatic N) is 1. The Balaban J connectivity index is 0.00000220. The van der Waals surface area contributed by atoms with E-state index in [0.717, 1.165) is 26.2 Å². The van der Waals surface area contributed by atoms with Crippen LogP contribution in [0.5, 0.6) is 11.5 Å². The summed E-state index contributed by atoms with van der Waals surface area (Å²) in [6, 6.07) is 4.25. The van der Waals surface area contributed by atoms with Gasteiger partial charge in [0.1, 0.15) is 11.5 Å². The first-order chi connectivity index (χ1) is 9.61. The molecule has 1 aliphatic heterocycles. The number of aromatic hydroxyl groups is 1. The molecule has 2 rings (SSSR count). The Morgan fingerprint density at radius 1 is 1.33 bits per heavy atom. The number of benzene rings is 1. The number of alkyl halides is 2. The quantitative estimate of drug-likeness (QED) is 0.874. The van der Waals surface area contributed by atoms with Crippen molar-refractivity contribution in [3.05, 3.63) is 23.8 Å². The van der Waals surface area contributed by atoms with E-state index in [1.807, 2.05) is 4.90 Å². The van der Waals surface area contributed by atoms with Crippen LogP contribution < -0.4 is 10.1 Å². The van der Waals surface area contributed by atoms with Crippen LogP contribution >= 0.6 is 12.4 Å². The van der Waals surface area contributed by atoms with E-state index in [1.165, 1.54) is 19.2 Å². The molecule has 0 amide bonds. The second kappa shape index (κ2) is 8.36. The van der Waals surface area contributed by atoms with Crippen LogP contribution in [0.4, 0.5) is 8.78 Å². The Morgan fingerprint density at radius 2 is 2.00 bits per heavy atom. The lowest BCUT2D eigenvalue weighted by Crippen LogP contribution is -2.45. The zero-order valence-electron chi connectivity index (χ0n) is 11.9. The van der Waals surface area contributed by atoms with Gasteiger partial charge in [-0.05, 0) is 6.07 Å². The van der Waals surface area contributed by atoms with Gasteiger partial charge in [-0.2, -0.15) is 0 Å². The fraction of sp³-hybridized carbons (Fsp3) is 0.571. The molecule has 0 spiro atoms. The van der Waals surface area contributed by atoms with Crippen molar-refractivity contribution < 1.29 is 18.6 Å². The summed E-state index contributed by atoms with van der Waals surface area (Å²) < 4.78 is 31.0. The molecule has 0 aliphatic carbocycles. The minimum absolute atomic E-state index is 0. The molecule has 1 fully saturated rings. The summed E-state index contributed by atoms with van der Waals surface area (Å²) in [7, 11) is 1.48. The number of rotatable bonds is 5. The summed E-state index contributed by atoms with van der Waals surface area (Å²) in [6.07, 6.45) is -2.62. The number of phenolic OH excluding ortho intramolecular Hbond substituents is 1. The third kappa shape index (κ3) is 4.69. The normalized spacial score (nSPS) is 17.3. The van der Waals surface area contributed by atoms with Gasteiger partial charge in [0, 0.05) is 50.3 Å². The zero-order chi connectivity index (χ0) is 14.5. The number of piperazine rings is 1. The molecule has 0 unspecified atom stereocenters. The Hall–Kier alpha value is -1.11. The van der Waals surface area contributed by atoms with Gasteiger partial charge in [0.2, 0.25) is 6.43 Å². The molecule has 1 atom stereocenters. The van der Waals surface area contributed by atoms with E-state index in [1.54, 1.807) is 6.07 Å². The minimum atomic E-state index is -2.38. The summed E-state index contributed by atoms with van der Waals surface area (Å²) >= 11 is 0. The molecule has 1 aromatic rings.